The van der Waals surface area contributed by atoms with E-state index in [0.717, 1.165) is 0 Å². The third-order valence-corrected chi connectivity index (χ3v) is 3.18. The standard InChI is InChI=1S/C13H10FNO4/c1-18-13(17)6-2-3-7-10(9(6)14)15-12(16)8-4-5-19-11(7)8/h2-3H,4-5H2,1H3,(H,15,16). The van der Waals surface area contributed by atoms with Crippen LogP contribution >= 0.6 is 0 Å². The lowest BCUT2D eigenvalue weighted by Crippen LogP contribution is -2.13. The first-order valence-corrected chi connectivity index (χ1v) is 5.72. The van der Waals surface area contributed by atoms with E-state index in [4.69, 9.17) is 4.74 Å². The van der Waals surface area contributed by atoms with Gasteiger partial charge in [0.25, 0.3) is 5.56 Å². The van der Waals surface area contributed by atoms with E-state index in [0.29, 0.717) is 29.7 Å². The first-order valence-electron chi connectivity index (χ1n) is 5.72. The summed E-state index contributed by atoms with van der Waals surface area (Å²) >= 11 is 0. The van der Waals surface area contributed by atoms with Crippen molar-refractivity contribution in [2.24, 2.45) is 0 Å². The van der Waals surface area contributed by atoms with E-state index in [-0.39, 0.29) is 16.6 Å². The molecule has 1 aromatic carbocycles. The van der Waals surface area contributed by atoms with Gasteiger partial charge in [-0.2, -0.15) is 0 Å². The summed E-state index contributed by atoms with van der Waals surface area (Å²) in [5.41, 5.74) is -0.129. The van der Waals surface area contributed by atoms with Crippen LogP contribution in [0.3, 0.4) is 0 Å². The van der Waals surface area contributed by atoms with E-state index in [9.17, 15) is 14.0 Å². The molecular weight excluding hydrogens is 253 g/mol. The molecule has 19 heavy (non-hydrogen) atoms. The van der Waals surface area contributed by atoms with Crippen LogP contribution in [0.15, 0.2) is 16.9 Å². The minimum atomic E-state index is -0.806. The fourth-order valence-electron chi connectivity index (χ4n) is 2.26. The molecule has 6 heteroatoms. The van der Waals surface area contributed by atoms with Crippen LogP contribution in [0.1, 0.15) is 15.9 Å². The van der Waals surface area contributed by atoms with Crippen LogP contribution in [0.2, 0.25) is 0 Å². The van der Waals surface area contributed by atoms with E-state index < -0.39 is 11.8 Å². The average molecular weight is 263 g/mol. The zero-order valence-corrected chi connectivity index (χ0v) is 10.1. The number of aromatic amines is 1. The van der Waals surface area contributed by atoms with E-state index in [1.165, 1.54) is 13.2 Å². The molecular formula is C13H10FNO4. The Hall–Kier alpha value is -2.37. The smallest absolute Gasteiger partial charge is 0.340 e. The van der Waals surface area contributed by atoms with Crippen LogP contribution in [0.4, 0.5) is 4.39 Å². The van der Waals surface area contributed by atoms with Crippen molar-refractivity contribution in [3.63, 3.8) is 0 Å². The lowest BCUT2D eigenvalue weighted by atomic mass is 10.1. The summed E-state index contributed by atoms with van der Waals surface area (Å²) in [6.07, 6.45) is 0.501. The summed E-state index contributed by atoms with van der Waals surface area (Å²) in [6, 6.07) is 2.87. The van der Waals surface area contributed by atoms with Gasteiger partial charge in [-0.15, -0.1) is 0 Å². The zero-order chi connectivity index (χ0) is 13.6. The highest BCUT2D eigenvalue weighted by Gasteiger charge is 2.23. The molecule has 2 aromatic rings. The van der Waals surface area contributed by atoms with Gasteiger partial charge in [0.1, 0.15) is 5.75 Å². The molecule has 1 aliphatic heterocycles. The Morgan fingerprint density at radius 3 is 3.00 bits per heavy atom. The average Bonchev–Trinajstić information content (AvgIpc) is 2.89. The molecule has 1 aromatic heterocycles. The third kappa shape index (κ3) is 1.60. The fourth-order valence-corrected chi connectivity index (χ4v) is 2.26. The second kappa shape index (κ2) is 4.08. The lowest BCUT2D eigenvalue weighted by molar-refractivity contribution is 0.0596. The molecule has 0 amide bonds. The van der Waals surface area contributed by atoms with Crippen LogP contribution in [-0.4, -0.2) is 24.7 Å². The van der Waals surface area contributed by atoms with Gasteiger partial charge in [0, 0.05) is 11.8 Å². The number of benzene rings is 1. The number of esters is 1. The van der Waals surface area contributed by atoms with Gasteiger partial charge in [-0.25, -0.2) is 9.18 Å². The van der Waals surface area contributed by atoms with Crippen molar-refractivity contribution in [1.29, 1.82) is 0 Å². The molecule has 0 fully saturated rings. The highest BCUT2D eigenvalue weighted by atomic mass is 19.1. The Morgan fingerprint density at radius 2 is 2.26 bits per heavy atom. The molecule has 0 radical (unpaired) electrons. The zero-order valence-electron chi connectivity index (χ0n) is 10.1. The number of hydrogen-bond acceptors (Lipinski definition) is 4. The van der Waals surface area contributed by atoms with Crippen molar-refractivity contribution in [3.05, 3.63) is 39.4 Å². The van der Waals surface area contributed by atoms with E-state index >= 15 is 0 Å². The number of rotatable bonds is 1. The maximum atomic E-state index is 14.2. The van der Waals surface area contributed by atoms with Crippen LogP contribution in [0.25, 0.3) is 10.9 Å². The predicted octanol–water partition coefficient (Wildman–Crippen LogP) is 1.39. The van der Waals surface area contributed by atoms with Gasteiger partial charge < -0.3 is 14.5 Å². The Morgan fingerprint density at radius 1 is 1.47 bits per heavy atom. The predicted molar refractivity (Wildman–Crippen MR) is 65.1 cm³/mol. The first-order chi connectivity index (χ1) is 9.13. The molecule has 2 heterocycles. The number of hydrogen-bond donors (Lipinski definition) is 1. The summed E-state index contributed by atoms with van der Waals surface area (Å²) in [4.78, 5) is 25.7. The molecule has 0 aliphatic carbocycles. The number of halogens is 1. The maximum absolute atomic E-state index is 14.2. The van der Waals surface area contributed by atoms with Crippen LogP contribution in [-0.2, 0) is 11.2 Å². The highest BCUT2D eigenvalue weighted by Crippen LogP contribution is 2.32. The molecule has 0 bridgehead atoms. The number of fused-ring (bicyclic) bond motifs is 3. The number of carbonyl (C=O) groups excluding carboxylic acids is 1. The number of nitrogens with one attached hydrogen (secondary N) is 1. The minimum Gasteiger partial charge on any atom is -0.492 e. The van der Waals surface area contributed by atoms with Gasteiger partial charge in [0.15, 0.2) is 5.82 Å². The van der Waals surface area contributed by atoms with Crippen molar-refractivity contribution >= 4 is 16.9 Å². The van der Waals surface area contributed by atoms with Crippen molar-refractivity contribution < 1.29 is 18.7 Å². The summed E-state index contributed by atoms with van der Waals surface area (Å²) in [6.45, 7) is 0.401. The lowest BCUT2D eigenvalue weighted by Gasteiger charge is -2.08. The summed E-state index contributed by atoms with van der Waals surface area (Å²) < 4.78 is 24.1. The summed E-state index contributed by atoms with van der Waals surface area (Å²) in [5.74, 6) is -1.20. The number of methoxy groups -OCH3 is 1. The van der Waals surface area contributed by atoms with Crippen molar-refractivity contribution in [1.82, 2.24) is 4.98 Å². The fraction of sp³-hybridized carbons (Fsp3) is 0.231. The van der Waals surface area contributed by atoms with E-state index in [1.807, 2.05) is 0 Å². The van der Waals surface area contributed by atoms with Gasteiger partial charge in [0.2, 0.25) is 0 Å². The number of pyridine rings is 1. The number of ether oxygens (including phenoxy) is 2. The van der Waals surface area contributed by atoms with Gasteiger partial charge in [-0.3, -0.25) is 4.79 Å². The molecule has 1 aliphatic rings. The third-order valence-electron chi connectivity index (χ3n) is 3.18. The number of carbonyl (C=O) groups is 1. The first kappa shape index (κ1) is 11.7. The van der Waals surface area contributed by atoms with Crippen molar-refractivity contribution in [2.45, 2.75) is 6.42 Å². The molecule has 98 valence electrons. The van der Waals surface area contributed by atoms with Gasteiger partial charge in [0.05, 0.1) is 30.4 Å². The van der Waals surface area contributed by atoms with Gasteiger partial charge >= 0.3 is 5.97 Å². The van der Waals surface area contributed by atoms with Crippen molar-refractivity contribution in [2.75, 3.05) is 13.7 Å². The summed E-state index contributed by atoms with van der Waals surface area (Å²) in [7, 11) is 1.17. The van der Waals surface area contributed by atoms with Gasteiger partial charge in [-0.05, 0) is 12.1 Å². The quantitative estimate of drug-likeness (QED) is 0.789. The van der Waals surface area contributed by atoms with Crippen LogP contribution < -0.4 is 10.3 Å². The molecule has 3 rings (SSSR count). The molecule has 0 spiro atoms. The van der Waals surface area contributed by atoms with Crippen LogP contribution in [0.5, 0.6) is 5.75 Å². The Kier molecular flexibility index (Phi) is 2.51. The number of H-pyrrole nitrogens is 1. The second-order valence-electron chi connectivity index (χ2n) is 4.20. The second-order valence-corrected chi connectivity index (χ2v) is 4.20. The van der Waals surface area contributed by atoms with E-state index in [2.05, 4.69) is 9.72 Å². The van der Waals surface area contributed by atoms with Gasteiger partial charge in [-0.1, -0.05) is 0 Å². The molecule has 0 atom stereocenters. The molecule has 1 N–H and O–H groups in total. The van der Waals surface area contributed by atoms with Crippen molar-refractivity contribution in [3.8, 4) is 5.75 Å². The molecule has 0 saturated carbocycles. The highest BCUT2D eigenvalue weighted by molar-refractivity contribution is 5.96. The Labute approximate surface area is 107 Å². The normalized spacial score (nSPS) is 13.2. The maximum Gasteiger partial charge on any atom is 0.340 e. The summed E-state index contributed by atoms with van der Waals surface area (Å²) in [5, 5.41) is 0.456. The molecule has 0 unspecified atom stereocenters. The monoisotopic (exact) mass is 263 g/mol. The molecule has 5 nitrogen and oxygen atoms in total. The Balaban J connectivity index is 2.37. The van der Waals surface area contributed by atoms with E-state index in [1.54, 1.807) is 6.07 Å². The topological polar surface area (TPSA) is 68.4 Å². The van der Waals surface area contributed by atoms with Crippen LogP contribution in [0, 0.1) is 5.82 Å². The Bertz CT molecular complexity index is 750. The minimum absolute atomic E-state index is 0.0337. The SMILES string of the molecule is COC(=O)c1ccc2c3c(c(=O)[nH]c2c1F)CCO3. The number of aromatic nitrogens is 1. The molecule has 0 saturated heterocycles. The largest absolute Gasteiger partial charge is 0.492 e.